The molecule has 1 atom stereocenters. The van der Waals surface area contributed by atoms with Crippen molar-refractivity contribution >= 4 is 23.1 Å². The van der Waals surface area contributed by atoms with Gasteiger partial charge in [0.05, 0.1) is 6.20 Å². The summed E-state index contributed by atoms with van der Waals surface area (Å²) in [6.07, 6.45) is 22.6. The molecule has 0 aromatic carbocycles. The minimum atomic E-state index is -0.554. The Bertz CT molecular complexity index is 1520. The number of likely N-dealkylation sites (tertiary alicyclic amines) is 1. The number of anilines is 2. The quantitative estimate of drug-likeness (QED) is 0.163. The maximum Gasteiger partial charge on any atom is 0.229 e. The van der Waals surface area contributed by atoms with Gasteiger partial charge < -0.3 is 10.2 Å². The molecule has 1 aliphatic heterocycles. The van der Waals surface area contributed by atoms with Crippen molar-refractivity contribution in [3.05, 3.63) is 58.8 Å². The summed E-state index contributed by atoms with van der Waals surface area (Å²) in [7, 11) is 0. The van der Waals surface area contributed by atoms with E-state index in [1.807, 2.05) is 12.3 Å². The standard InChI is InChI=1S/C37H46FN5O/c1-6-30(37(7-2)21-35(22-37)15-16-35)29(26(5)44)17-25(4)33-31(38)20-40-34(42-33)41-32-12-11-28(19-39-32)10-9-27-13-14-36(18-27)23-43(8-3)24-36/h1,11-12,17,19-20,27H,7-10,13-16,18,21-24H2,2-5H3,(H,39,40,41,42)/b25-17+,30-29-. The topological polar surface area (TPSA) is 71.0 Å². The average Bonchev–Trinajstić information content (AvgIpc) is 3.65. The number of carbonyl (C=O) groups is 1. The van der Waals surface area contributed by atoms with E-state index in [1.54, 1.807) is 13.0 Å². The van der Waals surface area contributed by atoms with E-state index in [-0.39, 0.29) is 22.8 Å². The molecule has 4 aliphatic rings. The molecule has 0 radical (unpaired) electrons. The number of ketones is 1. The van der Waals surface area contributed by atoms with Crippen LogP contribution in [0.15, 0.2) is 41.7 Å². The Hall–Kier alpha value is -3.37. The van der Waals surface area contributed by atoms with Gasteiger partial charge in [-0.15, -0.1) is 6.42 Å². The van der Waals surface area contributed by atoms with E-state index in [1.165, 1.54) is 70.6 Å². The van der Waals surface area contributed by atoms with Gasteiger partial charge in [-0.25, -0.2) is 19.3 Å². The van der Waals surface area contributed by atoms with E-state index in [0.717, 1.165) is 43.4 Å². The molecule has 3 heterocycles. The number of terminal acetylenes is 1. The van der Waals surface area contributed by atoms with Gasteiger partial charge in [-0.3, -0.25) is 4.79 Å². The monoisotopic (exact) mass is 595 g/mol. The van der Waals surface area contributed by atoms with Crippen molar-refractivity contribution < 1.29 is 9.18 Å². The number of aromatic nitrogens is 3. The highest BCUT2D eigenvalue weighted by Crippen LogP contribution is 2.72. The fourth-order valence-corrected chi connectivity index (χ4v) is 8.49. The SMILES string of the molecule is C#C/C(=C(\C=C(/C)c1nc(Nc2ccc(CCC3CCC4(C3)CN(CC)C4)cn2)ncc1F)C(C)=O)C1(CC)CC2(CC2)C1. The largest absolute Gasteiger partial charge is 0.309 e. The average molecular weight is 596 g/mol. The molecule has 1 saturated heterocycles. The van der Waals surface area contributed by atoms with Crippen LogP contribution in [0.2, 0.25) is 0 Å². The molecule has 232 valence electrons. The first-order chi connectivity index (χ1) is 21.1. The Morgan fingerprint density at radius 3 is 2.52 bits per heavy atom. The lowest BCUT2D eigenvalue weighted by molar-refractivity contribution is -0.113. The Morgan fingerprint density at radius 2 is 1.91 bits per heavy atom. The summed E-state index contributed by atoms with van der Waals surface area (Å²) in [6.45, 7) is 11.4. The number of nitrogens with zero attached hydrogens (tertiary/aromatic N) is 4. The van der Waals surface area contributed by atoms with Crippen LogP contribution >= 0.6 is 0 Å². The smallest absolute Gasteiger partial charge is 0.229 e. The van der Waals surface area contributed by atoms with E-state index < -0.39 is 5.82 Å². The molecule has 2 aromatic heterocycles. The zero-order valence-electron chi connectivity index (χ0n) is 26.8. The van der Waals surface area contributed by atoms with Crippen molar-refractivity contribution in [3.63, 3.8) is 0 Å². The van der Waals surface area contributed by atoms with Crippen molar-refractivity contribution in [2.75, 3.05) is 25.0 Å². The lowest BCUT2D eigenvalue weighted by atomic mass is 9.54. The molecule has 44 heavy (non-hydrogen) atoms. The van der Waals surface area contributed by atoms with E-state index in [4.69, 9.17) is 6.42 Å². The number of allylic oxidation sites excluding steroid dienone is 4. The number of pyridine rings is 1. The number of carbonyl (C=O) groups excluding carboxylic acids is 1. The number of rotatable bonds is 11. The Labute approximate surface area is 262 Å². The molecule has 7 heteroatoms. The number of nitrogens with one attached hydrogen (secondary N) is 1. The van der Waals surface area contributed by atoms with Crippen molar-refractivity contribution in [1.82, 2.24) is 19.9 Å². The second-order valence-corrected chi connectivity index (χ2v) is 14.3. The predicted molar refractivity (Wildman–Crippen MR) is 174 cm³/mol. The van der Waals surface area contributed by atoms with Gasteiger partial charge in [0, 0.05) is 35.8 Å². The first-order valence-corrected chi connectivity index (χ1v) is 16.5. The Kier molecular flexibility index (Phi) is 8.26. The molecular weight excluding hydrogens is 549 g/mol. The number of Topliss-reactive ketones (excluding diaryl/α,β-unsaturated/α-hetero) is 1. The summed E-state index contributed by atoms with van der Waals surface area (Å²) in [5.41, 5.74) is 3.98. The highest BCUT2D eigenvalue weighted by atomic mass is 19.1. The number of hydrogen-bond donors (Lipinski definition) is 1. The van der Waals surface area contributed by atoms with Gasteiger partial charge in [-0.05, 0) is 125 Å². The maximum atomic E-state index is 15.0. The van der Waals surface area contributed by atoms with Crippen LogP contribution in [-0.2, 0) is 11.2 Å². The van der Waals surface area contributed by atoms with Crippen LogP contribution in [0.5, 0.6) is 0 Å². The lowest BCUT2D eigenvalue weighted by Gasteiger charge is -2.49. The Balaban J connectivity index is 1.12. The molecule has 6 nitrogen and oxygen atoms in total. The number of hydrogen-bond acceptors (Lipinski definition) is 6. The van der Waals surface area contributed by atoms with Gasteiger partial charge in [-0.1, -0.05) is 25.8 Å². The normalized spacial score (nSPS) is 23.5. The first-order valence-electron chi connectivity index (χ1n) is 16.5. The summed E-state index contributed by atoms with van der Waals surface area (Å²) in [5.74, 6) is 3.85. The molecule has 3 saturated carbocycles. The summed E-state index contributed by atoms with van der Waals surface area (Å²) in [6, 6.07) is 4.02. The maximum absolute atomic E-state index is 15.0. The molecule has 0 bridgehead atoms. The highest BCUT2D eigenvalue weighted by molar-refractivity contribution is 5.99. The molecule has 2 aromatic rings. The summed E-state index contributed by atoms with van der Waals surface area (Å²) < 4.78 is 15.0. The minimum absolute atomic E-state index is 0.113. The van der Waals surface area contributed by atoms with Gasteiger partial charge in [-0.2, -0.15) is 0 Å². The molecule has 0 amide bonds. The van der Waals surface area contributed by atoms with Gasteiger partial charge in [0.15, 0.2) is 11.6 Å². The van der Waals surface area contributed by atoms with E-state index in [9.17, 15) is 4.79 Å². The van der Waals surface area contributed by atoms with Gasteiger partial charge in [0.1, 0.15) is 11.5 Å². The van der Waals surface area contributed by atoms with Crippen molar-refractivity contribution in [2.24, 2.45) is 22.2 Å². The summed E-state index contributed by atoms with van der Waals surface area (Å²) in [5, 5.41) is 3.12. The zero-order valence-corrected chi connectivity index (χ0v) is 26.8. The van der Waals surface area contributed by atoms with Crippen molar-refractivity contribution in [3.8, 4) is 12.3 Å². The third kappa shape index (κ3) is 5.98. The molecule has 4 fully saturated rings. The van der Waals surface area contributed by atoms with Crippen LogP contribution < -0.4 is 5.32 Å². The van der Waals surface area contributed by atoms with Crippen molar-refractivity contribution in [2.45, 2.75) is 91.9 Å². The second kappa shape index (κ2) is 11.9. The minimum Gasteiger partial charge on any atom is -0.309 e. The molecule has 3 aliphatic carbocycles. The summed E-state index contributed by atoms with van der Waals surface area (Å²) >= 11 is 0. The van der Waals surface area contributed by atoms with Crippen LogP contribution in [0.25, 0.3) is 5.57 Å². The number of halogens is 1. The van der Waals surface area contributed by atoms with E-state index >= 15 is 4.39 Å². The third-order valence-electron chi connectivity index (χ3n) is 11.1. The van der Waals surface area contributed by atoms with Crippen molar-refractivity contribution in [1.29, 1.82) is 0 Å². The fourth-order valence-electron chi connectivity index (χ4n) is 8.49. The van der Waals surface area contributed by atoms with Crippen LogP contribution in [0.3, 0.4) is 0 Å². The van der Waals surface area contributed by atoms with Gasteiger partial charge in [0.25, 0.3) is 0 Å². The van der Waals surface area contributed by atoms with Crippen LogP contribution in [0, 0.1) is 40.3 Å². The lowest BCUT2D eigenvalue weighted by Crippen LogP contribution is -2.54. The summed E-state index contributed by atoms with van der Waals surface area (Å²) in [4.78, 5) is 28.6. The second-order valence-electron chi connectivity index (χ2n) is 14.3. The first kappa shape index (κ1) is 30.6. The van der Waals surface area contributed by atoms with Gasteiger partial charge >= 0.3 is 0 Å². The van der Waals surface area contributed by atoms with E-state index in [2.05, 4.69) is 51.0 Å². The molecular formula is C37H46FN5O. The van der Waals surface area contributed by atoms with Crippen LogP contribution in [0.1, 0.15) is 96.7 Å². The molecule has 1 N–H and O–H groups in total. The zero-order chi connectivity index (χ0) is 31.1. The van der Waals surface area contributed by atoms with Crippen LogP contribution in [0.4, 0.5) is 16.2 Å². The predicted octanol–water partition coefficient (Wildman–Crippen LogP) is 7.70. The highest BCUT2D eigenvalue weighted by Gasteiger charge is 2.61. The van der Waals surface area contributed by atoms with Gasteiger partial charge in [0.2, 0.25) is 5.95 Å². The number of aryl methyl sites for hydroxylation is 1. The van der Waals surface area contributed by atoms with Crippen LogP contribution in [-0.4, -0.2) is 45.3 Å². The molecule has 1 unspecified atom stereocenters. The molecule has 2 spiro atoms. The third-order valence-corrected chi connectivity index (χ3v) is 11.1. The fraction of sp³-hybridized carbons (Fsp3) is 0.568. The Morgan fingerprint density at radius 1 is 1.14 bits per heavy atom. The molecule has 6 rings (SSSR count). The van der Waals surface area contributed by atoms with E-state index in [0.29, 0.717) is 27.8 Å².